The average Bonchev–Trinajstić information content (AvgIpc) is 2.92. The summed E-state index contributed by atoms with van der Waals surface area (Å²) in [4.78, 5) is 26.6. The van der Waals surface area contributed by atoms with Crippen LogP contribution in [-0.4, -0.2) is 32.8 Å². The van der Waals surface area contributed by atoms with Crippen molar-refractivity contribution in [3.63, 3.8) is 0 Å². The molecule has 2 aromatic heterocycles. The van der Waals surface area contributed by atoms with Gasteiger partial charge in [-0.25, -0.2) is 9.97 Å². The van der Waals surface area contributed by atoms with Gasteiger partial charge in [-0.3, -0.25) is 9.78 Å². The first-order chi connectivity index (χ1) is 10.1. The minimum Gasteiger partial charge on any atom is -0.448 e. The van der Waals surface area contributed by atoms with Crippen molar-refractivity contribution < 1.29 is 9.21 Å². The number of aromatic nitrogens is 3. The van der Waals surface area contributed by atoms with Crippen molar-refractivity contribution in [2.75, 3.05) is 7.05 Å². The van der Waals surface area contributed by atoms with E-state index in [9.17, 15) is 4.79 Å². The van der Waals surface area contributed by atoms with E-state index >= 15 is 0 Å². The quantitative estimate of drug-likeness (QED) is 0.736. The summed E-state index contributed by atoms with van der Waals surface area (Å²) in [5.74, 6) is 0.313. The Morgan fingerprint density at radius 3 is 2.71 bits per heavy atom. The van der Waals surface area contributed by atoms with Crippen LogP contribution < -0.4 is 0 Å². The third-order valence-electron chi connectivity index (χ3n) is 3.19. The van der Waals surface area contributed by atoms with E-state index in [-0.39, 0.29) is 5.91 Å². The van der Waals surface area contributed by atoms with Crippen LogP contribution in [0, 0.1) is 6.92 Å². The molecule has 3 aromatic rings. The highest BCUT2D eigenvalue weighted by atomic mass is 16.3. The molecular formula is C15H14N4O2. The number of fused-ring (bicyclic) bond motifs is 1. The fourth-order valence-electron chi connectivity index (χ4n) is 2.08. The fraction of sp³-hybridized carbons (Fsp3) is 0.200. The Kier molecular flexibility index (Phi) is 3.35. The monoisotopic (exact) mass is 282 g/mol. The first-order valence-corrected chi connectivity index (χ1v) is 6.51. The summed E-state index contributed by atoms with van der Waals surface area (Å²) in [6.45, 7) is 2.08. The zero-order chi connectivity index (χ0) is 14.8. The predicted molar refractivity (Wildman–Crippen MR) is 76.6 cm³/mol. The van der Waals surface area contributed by atoms with Crippen LogP contribution in [0.15, 0.2) is 41.3 Å². The average molecular weight is 282 g/mol. The third-order valence-corrected chi connectivity index (χ3v) is 3.19. The molecule has 0 spiro atoms. The van der Waals surface area contributed by atoms with Crippen molar-refractivity contribution in [3.8, 4) is 0 Å². The highest BCUT2D eigenvalue weighted by Crippen LogP contribution is 2.12. The molecule has 1 aromatic carbocycles. The summed E-state index contributed by atoms with van der Waals surface area (Å²) in [5.41, 5.74) is 2.70. The van der Waals surface area contributed by atoms with E-state index in [0.717, 1.165) is 16.7 Å². The number of benzene rings is 1. The zero-order valence-corrected chi connectivity index (χ0v) is 11.8. The minimum absolute atomic E-state index is 0.198. The molecule has 0 radical (unpaired) electrons. The number of oxazole rings is 1. The van der Waals surface area contributed by atoms with Crippen molar-refractivity contribution >= 4 is 16.9 Å². The lowest BCUT2D eigenvalue weighted by Gasteiger charge is -2.15. The third kappa shape index (κ3) is 2.60. The number of hydrogen-bond donors (Lipinski definition) is 0. The van der Waals surface area contributed by atoms with E-state index in [1.165, 1.54) is 6.39 Å². The summed E-state index contributed by atoms with van der Waals surface area (Å²) in [7, 11) is 1.70. The highest BCUT2D eigenvalue weighted by molar-refractivity contribution is 5.92. The number of rotatable bonds is 3. The van der Waals surface area contributed by atoms with Gasteiger partial charge in [0.05, 0.1) is 29.5 Å². The molecule has 0 fully saturated rings. The summed E-state index contributed by atoms with van der Waals surface area (Å²) >= 11 is 0. The van der Waals surface area contributed by atoms with Gasteiger partial charge in [0.25, 0.3) is 5.91 Å². The molecule has 0 aliphatic heterocycles. The van der Waals surface area contributed by atoms with Gasteiger partial charge in [-0.2, -0.15) is 0 Å². The van der Waals surface area contributed by atoms with Crippen LogP contribution in [0.25, 0.3) is 11.0 Å². The van der Waals surface area contributed by atoms with Crippen LogP contribution in [0.5, 0.6) is 0 Å². The molecule has 0 aliphatic carbocycles. The van der Waals surface area contributed by atoms with Gasteiger partial charge in [-0.05, 0) is 19.1 Å². The second kappa shape index (κ2) is 5.32. The summed E-state index contributed by atoms with van der Waals surface area (Å²) in [6, 6.07) is 7.63. The topological polar surface area (TPSA) is 72.1 Å². The maximum Gasteiger partial charge on any atom is 0.276 e. The number of carbonyl (C=O) groups excluding carboxylic acids is 1. The van der Waals surface area contributed by atoms with Gasteiger partial charge in [0.1, 0.15) is 5.76 Å². The molecule has 0 N–H and O–H groups in total. The van der Waals surface area contributed by atoms with Gasteiger partial charge in [-0.1, -0.05) is 12.1 Å². The molecule has 1 amide bonds. The standard InChI is InChI=1S/C15H14N4O2/c1-10-14(17-9-21-10)15(20)19(2)8-11-7-16-12-5-3-4-6-13(12)18-11/h3-7,9H,8H2,1-2H3. The molecule has 0 bridgehead atoms. The van der Waals surface area contributed by atoms with E-state index in [1.807, 2.05) is 24.3 Å². The molecule has 0 aliphatic rings. The number of carbonyl (C=O) groups is 1. The molecule has 6 nitrogen and oxygen atoms in total. The zero-order valence-electron chi connectivity index (χ0n) is 11.8. The van der Waals surface area contributed by atoms with Crippen molar-refractivity contribution in [1.82, 2.24) is 19.9 Å². The minimum atomic E-state index is -0.198. The Labute approximate surface area is 121 Å². The molecule has 0 saturated carbocycles. The molecule has 0 saturated heterocycles. The maximum absolute atomic E-state index is 12.2. The lowest BCUT2D eigenvalue weighted by molar-refractivity contribution is 0.0776. The predicted octanol–water partition coefficient (Wildman–Crippen LogP) is 2.20. The first kappa shape index (κ1) is 13.2. The van der Waals surface area contributed by atoms with Gasteiger partial charge in [-0.15, -0.1) is 0 Å². The Morgan fingerprint density at radius 2 is 2.00 bits per heavy atom. The first-order valence-electron chi connectivity index (χ1n) is 6.51. The van der Waals surface area contributed by atoms with E-state index < -0.39 is 0 Å². The number of para-hydroxylation sites is 2. The van der Waals surface area contributed by atoms with Gasteiger partial charge < -0.3 is 9.32 Å². The van der Waals surface area contributed by atoms with Crippen molar-refractivity contribution in [3.05, 3.63) is 54.0 Å². The Hall–Kier alpha value is -2.76. The number of amides is 1. The SMILES string of the molecule is Cc1ocnc1C(=O)N(C)Cc1cnc2ccccc2n1. The number of nitrogens with zero attached hydrogens (tertiary/aromatic N) is 4. The molecular weight excluding hydrogens is 268 g/mol. The van der Waals surface area contributed by atoms with Crippen LogP contribution >= 0.6 is 0 Å². The van der Waals surface area contributed by atoms with Crippen molar-refractivity contribution in [1.29, 1.82) is 0 Å². The molecule has 6 heteroatoms. The van der Waals surface area contributed by atoms with Crippen LogP contribution in [0.1, 0.15) is 21.9 Å². The lowest BCUT2D eigenvalue weighted by Crippen LogP contribution is -2.27. The lowest BCUT2D eigenvalue weighted by atomic mass is 10.3. The van der Waals surface area contributed by atoms with E-state index in [0.29, 0.717) is 18.0 Å². The largest absolute Gasteiger partial charge is 0.448 e. The summed E-state index contributed by atoms with van der Waals surface area (Å²) in [5, 5.41) is 0. The molecule has 2 heterocycles. The molecule has 3 rings (SSSR count). The second-order valence-electron chi connectivity index (χ2n) is 4.77. The summed E-state index contributed by atoms with van der Waals surface area (Å²) < 4.78 is 5.06. The van der Waals surface area contributed by atoms with E-state index in [2.05, 4.69) is 15.0 Å². The smallest absolute Gasteiger partial charge is 0.276 e. The van der Waals surface area contributed by atoms with E-state index in [1.54, 1.807) is 25.1 Å². The Morgan fingerprint density at radius 1 is 1.24 bits per heavy atom. The molecule has 21 heavy (non-hydrogen) atoms. The number of hydrogen-bond acceptors (Lipinski definition) is 5. The van der Waals surface area contributed by atoms with Crippen molar-refractivity contribution in [2.24, 2.45) is 0 Å². The normalized spacial score (nSPS) is 10.8. The second-order valence-corrected chi connectivity index (χ2v) is 4.77. The molecule has 106 valence electrons. The maximum atomic E-state index is 12.2. The Balaban J connectivity index is 1.81. The molecule has 0 unspecified atom stereocenters. The Bertz CT molecular complexity index is 797. The van der Waals surface area contributed by atoms with Gasteiger partial charge in [0, 0.05) is 7.05 Å². The fourth-order valence-corrected chi connectivity index (χ4v) is 2.08. The molecule has 0 atom stereocenters. The highest BCUT2D eigenvalue weighted by Gasteiger charge is 2.18. The van der Waals surface area contributed by atoms with Gasteiger partial charge in [0.15, 0.2) is 12.1 Å². The summed E-state index contributed by atoms with van der Waals surface area (Å²) in [6.07, 6.45) is 2.95. The van der Waals surface area contributed by atoms with Crippen LogP contribution in [0.2, 0.25) is 0 Å². The van der Waals surface area contributed by atoms with E-state index in [4.69, 9.17) is 4.42 Å². The van der Waals surface area contributed by atoms with Crippen LogP contribution in [-0.2, 0) is 6.54 Å². The van der Waals surface area contributed by atoms with Crippen molar-refractivity contribution in [2.45, 2.75) is 13.5 Å². The van der Waals surface area contributed by atoms with Gasteiger partial charge in [0.2, 0.25) is 0 Å². The van der Waals surface area contributed by atoms with Gasteiger partial charge >= 0.3 is 0 Å². The van der Waals surface area contributed by atoms with Crippen LogP contribution in [0.3, 0.4) is 0 Å². The number of aryl methyl sites for hydroxylation is 1. The van der Waals surface area contributed by atoms with Crippen LogP contribution in [0.4, 0.5) is 0 Å².